The van der Waals surface area contributed by atoms with Crippen LogP contribution in [-0.4, -0.2) is 39.9 Å². The lowest BCUT2D eigenvalue weighted by molar-refractivity contribution is 0.601. The van der Waals surface area contributed by atoms with Gasteiger partial charge in [0.25, 0.3) is 0 Å². The molecule has 0 aliphatic heterocycles. The highest BCUT2D eigenvalue weighted by Gasteiger charge is 2.12. The second kappa shape index (κ2) is 5.73. The smallest absolute Gasteiger partial charge is 0.149 e. The standard InChI is InChI=1S/C15H19N3O2S/c1-18(9-10-21(2,19)20)14-8-7-13(15(16)17)11-5-3-4-6-12(11)14/h3-8H,9-10H2,1-2H3,(H3,16,17). The Balaban J connectivity index is 2.46. The largest absolute Gasteiger partial charge is 0.384 e. The van der Waals surface area contributed by atoms with Gasteiger partial charge in [-0.1, -0.05) is 24.3 Å². The lowest BCUT2D eigenvalue weighted by Crippen LogP contribution is -2.25. The lowest BCUT2D eigenvalue weighted by atomic mass is 10.0. The van der Waals surface area contributed by atoms with Crippen LogP contribution < -0.4 is 10.6 Å². The Hall–Kier alpha value is -2.08. The minimum absolute atomic E-state index is 0.0246. The number of nitrogens with two attached hydrogens (primary N) is 1. The van der Waals surface area contributed by atoms with Crippen LogP contribution in [0.5, 0.6) is 0 Å². The first-order valence-electron chi connectivity index (χ1n) is 6.54. The van der Waals surface area contributed by atoms with E-state index in [1.165, 1.54) is 6.26 Å². The number of nitrogen functional groups attached to an aromatic ring is 1. The predicted octanol–water partition coefficient (Wildman–Crippen LogP) is 1.60. The van der Waals surface area contributed by atoms with Gasteiger partial charge in [-0.25, -0.2) is 8.42 Å². The maximum Gasteiger partial charge on any atom is 0.149 e. The Morgan fingerprint density at radius 1 is 1.19 bits per heavy atom. The lowest BCUT2D eigenvalue weighted by Gasteiger charge is -2.21. The van der Waals surface area contributed by atoms with Gasteiger partial charge >= 0.3 is 0 Å². The first kappa shape index (κ1) is 15.3. The molecule has 0 bridgehead atoms. The molecular formula is C15H19N3O2S. The van der Waals surface area contributed by atoms with Gasteiger partial charge in [0.15, 0.2) is 0 Å². The van der Waals surface area contributed by atoms with Crippen LogP contribution in [0.25, 0.3) is 10.8 Å². The van der Waals surface area contributed by atoms with Crippen molar-refractivity contribution in [1.29, 1.82) is 5.41 Å². The zero-order valence-corrected chi connectivity index (χ0v) is 12.9. The van der Waals surface area contributed by atoms with Gasteiger partial charge in [-0.2, -0.15) is 0 Å². The minimum Gasteiger partial charge on any atom is -0.384 e. The quantitative estimate of drug-likeness (QED) is 0.649. The normalized spacial score (nSPS) is 11.5. The number of amidine groups is 1. The van der Waals surface area contributed by atoms with Gasteiger partial charge < -0.3 is 10.6 Å². The SMILES string of the molecule is CN(CCS(C)(=O)=O)c1ccc(C(=N)N)c2ccccc12. The Morgan fingerprint density at radius 3 is 2.38 bits per heavy atom. The molecule has 0 saturated heterocycles. The predicted molar refractivity (Wildman–Crippen MR) is 87.9 cm³/mol. The highest BCUT2D eigenvalue weighted by Crippen LogP contribution is 2.28. The van der Waals surface area contributed by atoms with E-state index in [4.69, 9.17) is 11.1 Å². The molecule has 0 aliphatic carbocycles. The summed E-state index contributed by atoms with van der Waals surface area (Å²) in [6, 6.07) is 11.4. The summed E-state index contributed by atoms with van der Waals surface area (Å²) in [6.07, 6.45) is 1.23. The van der Waals surface area contributed by atoms with Gasteiger partial charge in [-0.05, 0) is 17.5 Å². The third kappa shape index (κ3) is 3.52. The fourth-order valence-corrected chi connectivity index (χ4v) is 2.88. The Morgan fingerprint density at radius 2 is 1.81 bits per heavy atom. The number of sulfone groups is 1. The molecule has 5 nitrogen and oxygen atoms in total. The summed E-state index contributed by atoms with van der Waals surface area (Å²) in [5.74, 6) is 0.128. The van der Waals surface area contributed by atoms with Crippen LogP contribution in [0.3, 0.4) is 0 Å². The molecule has 2 rings (SSSR count). The van der Waals surface area contributed by atoms with Gasteiger partial charge in [-0.15, -0.1) is 0 Å². The van der Waals surface area contributed by atoms with E-state index in [2.05, 4.69) is 0 Å². The fraction of sp³-hybridized carbons (Fsp3) is 0.267. The van der Waals surface area contributed by atoms with Crippen LogP contribution >= 0.6 is 0 Å². The van der Waals surface area contributed by atoms with Crippen LogP contribution in [0.4, 0.5) is 5.69 Å². The number of nitrogens with one attached hydrogen (secondary N) is 1. The number of anilines is 1. The van der Waals surface area contributed by atoms with Crippen molar-refractivity contribution >= 4 is 32.1 Å². The van der Waals surface area contributed by atoms with Crippen molar-refractivity contribution in [2.24, 2.45) is 5.73 Å². The maximum absolute atomic E-state index is 11.3. The van der Waals surface area contributed by atoms with Gasteiger partial charge in [0.05, 0.1) is 5.75 Å². The first-order chi connectivity index (χ1) is 9.79. The molecule has 0 saturated carbocycles. The summed E-state index contributed by atoms with van der Waals surface area (Å²) >= 11 is 0. The van der Waals surface area contributed by atoms with Crippen LogP contribution in [0.15, 0.2) is 36.4 Å². The van der Waals surface area contributed by atoms with E-state index in [9.17, 15) is 8.42 Å². The summed E-state index contributed by atoms with van der Waals surface area (Å²) in [6.45, 7) is 0.419. The molecule has 0 heterocycles. The van der Waals surface area contributed by atoms with Crippen molar-refractivity contribution in [1.82, 2.24) is 0 Å². The summed E-state index contributed by atoms with van der Waals surface area (Å²) < 4.78 is 22.6. The summed E-state index contributed by atoms with van der Waals surface area (Å²) in [7, 11) is -1.14. The van der Waals surface area contributed by atoms with E-state index in [1.807, 2.05) is 42.3 Å². The van der Waals surface area contributed by atoms with Crippen molar-refractivity contribution in [2.75, 3.05) is 30.5 Å². The molecule has 0 aliphatic rings. The van der Waals surface area contributed by atoms with E-state index in [1.54, 1.807) is 6.07 Å². The number of benzene rings is 2. The van der Waals surface area contributed by atoms with E-state index >= 15 is 0 Å². The van der Waals surface area contributed by atoms with Crippen molar-refractivity contribution in [3.63, 3.8) is 0 Å². The van der Waals surface area contributed by atoms with Crippen LogP contribution in [0.1, 0.15) is 5.56 Å². The van der Waals surface area contributed by atoms with Crippen LogP contribution in [0.2, 0.25) is 0 Å². The van der Waals surface area contributed by atoms with Gasteiger partial charge in [0.2, 0.25) is 0 Å². The van der Waals surface area contributed by atoms with Crippen LogP contribution in [0, 0.1) is 5.41 Å². The summed E-state index contributed by atoms with van der Waals surface area (Å²) in [5, 5.41) is 9.50. The van der Waals surface area contributed by atoms with Gasteiger partial charge in [0, 0.05) is 36.5 Å². The zero-order chi connectivity index (χ0) is 15.6. The second-order valence-corrected chi connectivity index (χ2v) is 7.40. The molecule has 0 unspecified atom stereocenters. The van der Waals surface area contributed by atoms with Crippen molar-refractivity contribution < 1.29 is 8.42 Å². The number of fused-ring (bicyclic) bond motifs is 1. The first-order valence-corrected chi connectivity index (χ1v) is 8.60. The number of hydrogen-bond acceptors (Lipinski definition) is 4. The molecule has 21 heavy (non-hydrogen) atoms. The Kier molecular flexibility index (Phi) is 4.18. The average molecular weight is 305 g/mol. The number of rotatable bonds is 5. The van der Waals surface area contributed by atoms with E-state index in [-0.39, 0.29) is 11.6 Å². The third-order valence-electron chi connectivity index (χ3n) is 3.40. The van der Waals surface area contributed by atoms with Gasteiger partial charge in [0.1, 0.15) is 15.7 Å². The Labute approximate surface area is 124 Å². The molecule has 2 aromatic carbocycles. The van der Waals surface area contributed by atoms with E-state index < -0.39 is 9.84 Å². The topological polar surface area (TPSA) is 87.2 Å². The van der Waals surface area contributed by atoms with Crippen molar-refractivity contribution in [2.45, 2.75) is 0 Å². The molecule has 0 spiro atoms. The molecule has 0 radical (unpaired) electrons. The maximum atomic E-state index is 11.3. The average Bonchev–Trinajstić information content (AvgIpc) is 2.42. The zero-order valence-electron chi connectivity index (χ0n) is 12.1. The van der Waals surface area contributed by atoms with Gasteiger partial charge in [-0.3, -0.25) is 5.41 Å². The second-order valence-electron chi connectivity index (χ2n) is 5.14. The number of hydrogen-bond donors (Lipinski definition) is 2. The highest BCUT2D eigenvalue weighted by molar-refractivity contribution is 7.90. The highest BCUT2D eigenvalue weighted by atomic mass is 32.2. The van der Waals surface area contributed by atoms with Crippen molar-refractivity contribution in [3.05, 3.63) is 42.0 Å². The molecule has 0 atom stereocenters. The summed E-state index contributed by atoms with van der Waals surface area (Å²) in [5.41, 5.74) is 7.23. The van der Waals surface area contributed by atoms with E-state index in [0.717, 1.165) is 16.5 Å². The molecule has 2 aromatic rings. The summed E-state index contributed by atoms with van der Waals surface area (Å²) in [4.78, 5) is 1.91. The molecule has 3 N–H and O–H groups in total. The molecule has 0 amide bonds. The molecule has 0 fully saturated rings. The molecular weight excluding hydrogens is 286 g/mol. The Bertz CT molecular complexity index is 785. The molecule has 0 aromatic heterocycles. The monoisotopic (exact) mass is 305 g/mol. The number of nitrogens with zero attached hydrogens (tertiary/aromatic N) is 1. The minimum atomic E-state index is -3.00. The van der Waals surface area contributed by atoms with Crippen molar-refractivity contribution in [3.8, 4) is 0 Å². The molecule has 112 valence electrons. The van der Waals surface area contributed by atoms with Crippen LogP contribution in [-0.2, 0) is 9.84 Å². The third-order valence-corrected chi connectivity index (χ3v) is 4.32. The fourth-order valence-electron chi connectivity index (χ4n) is 2.27. The molecule has 6 heteroatoms. The van der Waals surface area contributed by atoms with E-state index in [0.29, 0.717) is 12.1 Å².